The molecule has 114 valence electrons. The Balaban J connectivity index is 2.46. The lowest BCUT2D eigenvalue weighted by Gasteiger charge is -2.15. The molecule has 0 atom stereocenters. The van der Waals surface area contributed by atoms with Crippen molar-refractivity contribution in [3.63, 3.8) is 0 Å². The number of methoxy groups -OCH3 is 2. The number of hydrogen-bond donors (Lipinski definition) is 2. The number of benzene rings is 1. The van der Waals surface area contributed by atoms with Gasteiger partial charge in [-0.25, -0.2) is 0 Å². The molecule has 1 heterocycles. The van der Waals surface area contributed by atoms with Crippen LogP contribution in [0.2, 0.25) is 0 Å². The number of pyridine rings is 1. The van der Waals surface area contributed by atoms with Crippen LogP contribution in [-0.4, -0.2) is 49.4 Å². The average molecular weight is 292 g/mol. The SMILES string of the molecule is COc1cc2cc(CN(C)CCO)c(=O)[nH]c2cc1OC. The van der Waals surface area contributed by atoms with Crippen LogP contribution >= 0.6 is 0 Å². The number of hydrogen-bond acceptors (Lipinski definition) is 5. The summed E-state index contributed by atoms with van der Waals surface area (Å²) in [6.45, 7) is 1.05. The minimum atomic E-state index is -0.139. The Kier molecular flexibility index (Phi) is 4.82. The summed E-state index contributed by atoms with van der Waals surface area (Å²) < 4.78 is 10.5. The lowest BCUT2D eigenvalue weighted by molar-refractivity contribution is 0.217. The van der Waals surface area contributed by atoms with Gasteiger partial charge in [0.2, 0.25) is 0 Å². The quantitative estimate of drug-likeness (QED) is 0.830. The first-order valence-electron chi connectivity index (χ1n) is 6.66. The van der Waals surface area contributed by atoms with Crippen molar-refractivity contribution in [2.75, 3.05) is 34.4 Å². The van der Waals surface area contributed by atoms with Gasteiger partial charge in [0.1, 0.15) is 0 Å². The van der Waals surface area contributed by atoms with Crippen molar-refractivity contribution in [3.05, 3.63) is 34.1 Å². The number of aromatic nitrogens is 1. The molecule has 2 N–H and O–H groups in total. The molecule has 0 saturated heterocycles. The van der Waals surface area contributed by atoms with E-state index >= 15 is 0 Å². The Morgan fingerprint density at radius 3 is 2.48 bits per heavy atom. The number of fused-ring (bicyclic) bond motifs is 1. The maximum atomic E-state index is 12.1. The fraction of sp³-hybridized carbons (Fsp3) is 0.400. The summed E-state index contributed by atoms with van der Waals surface area (Å²) in [5, 5.41) is 9.80. The zero-order valence-electron chi connectivity index (χ0n) is 12.5. The van der Waals surface area contributed by atoms with Gasteiger partial charge in [-0.05, 0) is 19.2 Å². The number of H-pyrrole nitrogens is 1. The van der Waals surface area contributed by atoms with Gasteiger partial charge >= 0.3 is 0 Å². The van der Waals surface area contributed by atoms with Crippen molar-refractivity contribution in [1.82, 2.24) is 9.88 Å². The van der Waals surface area contributed by atoms with Crippen molar-refractivity contribution in [2.24, 2.45) is 0 Å². The van der Waals surface area contributed by atoms with Gasteiger partial charge in [0.05, 0.1) is 26.3 Å². The van der Waals surface area contributed by atoms with Crippen LogP contribution in [0.5, 0.6) is 11.5 Å². The van der Waals surface area contributed by atoms with E-state index in [1.807, 2.05) is 24.1 Å². The lowest BCUT2D eigenvalue weighted by atomic mass is 10.1. The van der Waals surface area contributed by atoms with E-state index in [0.29, 0.717) is 35.7 Å². The third-order valence-corrected chi connectivity index (χ3v) is 3.35. The van der Waals surface area contributed by atoms with Crippen LogP contribution in [0.15, 0.2) is 23.0 Å². The number of aromatic amines is 1. The lowest BCUT2D eigenvalue weighted by Crippen LogP contribution is -2.25. The van der Waals surface area contributed by atoms with Crippen LogP contribution in [0.25, 0.3) is 10.9 Å². The topological polar surface area (TPSA) is 74.8 Å². The Labute approximate surface area is 122 Å². The summed E-state index contributed by atoms with van der Waals surface area (Å²) in [4.78, 5) is 16.8. The maximum absolute atomic E-state index is 12.1. The normalized spacial score (nSPS) is 11.1. The summed E-state index contributed by atoms with van der Waals surface area (Å²) in [5.41, 5.74) is 1.20. The predicted octanol–water partition coefficient (Wildman–Crippen LogP) is 0.969. The van der Waals surface area contributed by atoms with Gasteiger partial charge in [-0.3, -0.25) is 9.69 Å². The highest BCUT2D eigenvalue weighted by Crippen LogP contribution is 2.31. The molecule has 0 saturated carbocycles. The Bertz CT molecular complexity index is 681. The third-order valence-electron chi connectivity index (χ3n) is 3.35. The van der Waals surface area contributed by atoms with Gasteiger partial charge in [0.15, 0.2) is 11.5 Å². The van der Waals surface area contributed by atoms with Gasteiger partial charge in [-0.15, -0.1) is 0 Å². The first kappa shape index (κ1) is 15.3. The van der Waals surface area contributed by atoms with Crippen molar-refractivity contribution >= 4 is 10.9 Å². The number of nitrogens with one attached hydrogen (secondary N) is 1. The number of aliphatic hydroxyl groups excluding tert-OH is 1. The standard InChI is InChI=1S/C15H20N2O4/c1-17(4-5-18)9-11-6-10-7-13(20-2)14(21-3)8-12(10)16-15(11)19/h6-8,18H,4-5,9H2,1-3H3,(H,16,19). The minimum Gasteiger partial charge on any atom is -0.493 e. The largest absolute Gasteiger partial charge is 0.493 e. The van der Waals surface area contributed by atoms with Crippen molar-refractivity contribution in [1.29, 1.82) is 0 Å². The van der Waals surface area contributed by atoms with Crippen LogP contribution in [0.3, 0.4) is 0 Å². The highest BCUT2D eigenvalue weighted by molar-refractivity contribution is 5.83. The summed E-state index contributed by atoms with van der Waals surface area (Å²) in [6.07, 6.45) is 0. The van der Waals surface area contributed by atoms with E-state index in [0.717, 1.165) is 5.39 Å². The number of likely N-dealkylation sites (N-methyl/N-ethyl adjacent to an activating group) is 1. The van der Waals surface area contributed by atoms with Crippen LogP contribution in [0.4, 0.5) is 0 Å². The van der Waals surface area contributed by atoms with Gasteiger partial charge in [-0.2, -0.15) is 0 Å². The fourth-order valence-electron chi connectivity index (χ4n) is 2.24. The molecule has 0 aliphatic rings. The molecule has 2 rings (SSSR count). The van der Waals surface area contributed by atoms with Crippen LogP contribution in [0.1, 0.15) is 5.56 Å². The molecule has 6 nitrogen and oxygen atoms in total. The van der Waals surface area contributed by atoms with Crippen LogP contribution in [-0.2, 0) is 6.54 Å². The Morgan fingerprint density at radius 1 is 1.19 bits per heavy atom. The Morgan fingerprint density at radius 2 is 1.86 bits per heavy atom. The number of aliphatic hydroxyl groups is 1. The minimum absolute atomic E-state index is 0.0625. The molecule has 0 bridgehead atoms. The number of nitrogens with zero attached hydrogens (tertiary/aromatic N) is 1. The van der Waals surface area contributed by atoms with E-state index in [-0.39, 0.29) is 12.2 Å². The summed E-state index contributed by atoms with van der Waals surface area (Å²) >= 11 is 0. The second-order valence-corrected chi connectivity index (χ2v) is 4.88. The monoisotopic (exact) mass is 292 g/mol. The molecule has 0 aliphatic heterocycles. The average Bonchev–Trinajstić information content (AvgIpc) is 2.47. The first-order chi connectivity index (χ1) is 10.1. The van der Waals surface area contributed by atoms with E-state index < -0.39 is 0 Å². The molecule has 6 heteroatoms. The molecule has 1 aromatic carbocycles. The van der Waals surface area contributed by atoms with Gasteiger partial charge in [0, 0.05) is 30.1 Å². The molecule has 21 heavy (non-hydrogen) atoms. The van der Waals surface area contributed by atoms with Crippen molar-refractivity contribution < 1.29 is 14.6 Å². The second kappa shape index (κ2) is 6.60. The maximum Gasteiger partial charge on any atom is 0.252 e. The molecule has 0 radical (unpaired) electrons. The highest BCUT2D eigenvalue weighted by atomic mass is 16.5. The molecular weight excluding hydrogens is 272 g/mol. The Hall–Kier alpha value is -2.05. The molecule has 0 fully saturated rings. The summed E-state index contributed by atoms with van der Waals surface area (Å²) in [5.74, 6) is 1.19. The molecule has 1 aromatic heterocycles. The van der Waals surface area contributed by atoms with Gasteiger partial charge in [-0.1, -0.05) is 0 Å². The van der Waals surface area contributed by atoms with E-state index in [4.69, 9.17) is 14.6 Å². The van der Waals surface area contributed by atoms with E-state index in [2.05, 4.69) is 4.98 Å². The molecule has 0 unspecified atom stereocenters. The molecule has 2 aromatic rings. The van der Waals surface area contributed by atoms with Crippen LogP contribution < -0.4 is 15.0 Å². The molecule has 0 amide bonds. The zero-order valence-corrected chi connectivity index (χ0v) is 12.5. The first-order valence-corrected chi connectivity index (χ1v) is 6.66. The van der Waals surface area contributed by atoms with Crippen LogP contribution in [0, 0.1) is 0 Å². The predicted molar refractivity (Wildman–Crippen MR) is 81.1 cm³/mol. The van der Waals surface area contributed by atoms with Gasteiger partial charge in [0.25, 0.3) is 5.56 Å². The zero-order chi connectivity index (χ0) is 15.4. The second-order valence-electron chi connectivity index (χ2n) is 4.88. The smallest absolute Gasteiger partial charge is 0.252 e. The van der Waals surface area contributed by atoms with E-state index in [1.165, 1.54) is 0 Å². The van der Waals surface area contributed by atoms with Crippen molar-refractivity contribution in [2.45, 2.75) is 6.54 Å². The molecular formula is C15H20N2O4. The highest BCUT2D eigenvalue weighted by Gasteiger charge is 2.10. The third kappa shape index (κ3) is 3.34. The number of rotatable bonds is 6. The number of ether oxygens (including phenoxy) is 2. The van der Waals surface area contributed by atoms with E-state index in [1.54, 1.807) is 20.3 Å². The molecule has 0 spiro atoms. The van der Waals surface area contributed by atoms with Crippen molar-refractivity contribution in [3.8, 4) is 11.5 Å². The fourth-order valence-corrected chi connectivity index (χ4v) is 2.24. The summed E-state index contributed by atoms with van der Waals surface area (Å²) in [7, 11) is 4.99. The molecule has 0 aliphatic carbocycles. The van der Waals surface area contributed by atoms with Gasteiger partial charge < -0.3 is 19.6 Å². The van der Waals surface area contributed by atoms with E-state index in [9.17, 15) is 4.79 Å². The summed E-state index contributed by atoms with van der Waals surface area (Å²) in [6, 6.07) is 5.42.